The van der Waals surface area contributed by atoms with Gasteiger partial charge >= 0.3 is 6.36 Å². The van der Waals surface area contributed by atoms with E-state index < -0.39 is 6.36 Å². The smallest absolute Gasteiger partial charge is 0.496 e. The summed E-state index contributed by atoms with van der Waals surface area (Å²) in [4.78, 5) is 0. The highest BCUT2D eigenvalue weighted by atomic mass is 19.4. The summed E-state index contributed by atoms with van der Waals surface area (Å²) in [6, 6.07) is 34.0. The Hall–Kier alpha value is -4.03. The molecule has 0 bridgehead atoms. The molecule has 0 amide bonds. The molecule has 0 atom stereocenters. The fourth-order valence-electron chi connectivity index (χ4n) is 4.40. The zero-order valence-corrected chi connectivity index (χ0v) is 21.0. The van der Waals surface area contributed by atoms with Gasteiger partial charge in [0.1, 0.15) is 11.5 Å². The lowest BCUT2D eigenvalue weighted by Gasteiger charge is -2.19. The summed E-state index contributed by atoms with van der Waals surface area (Å²) in [6.45, 7) is 0.776. The molecule has 0 saturated heterocycles. The third-order valence-electron chi connectivity index (χ3n) is 6.10. The molecule has 0 unspecified atom stereocenters. The van der Waals surface area contributed by atoms with Crippen molar-refractivity contribution in [3.8, 4) is 16.9 Å². The largest absolute Gasteiger partial charge is 0.573 e. The van der Waals surface area contributed by atoms with Gasteiger partial charge in [0, 0.05) is 25.0 Å². The van der Waals surface area contributed by atoms with Gasteiger partial charge in [-0.2, -0.15) is 0 Å². The molecule has 0 aliphatic carbocycles. The number of hydrogen-bond acceptors (Lipinski definition) is 3. The fraction of sp³-hybridized carbons (Fsp3) is 0.188. The first-order valence-corrected chi connectivity index (χ1v) is 12.5. The molecule has 0 aliphatic heterocycles. The molecular weight excluding hydrogens is 487 g/mol. The molecule has 0 saturated carbocycles. The van der Waals surface area contributed by atoms with Crippen molar-refractivity contribution in [1.29, 1.82) is 0 Å². The Bertz CT molecular complexity index is 1340. The topological polar surface area (TPSA) is 44.5 Å². The highest BCUT2D eigenvalue weighted by Crippen LogP contribution is 2.34. The summed E-state index contributed by atoms with van der Waals surface area (Å²) in [5.74, 6) is 0.605. The number of rotatable bonds is 11. The van der Waals surface area contributed by atoms with Gasteiger partial charge in [0.05, 0.1) is 6.61 Å². The molecule has 196 valence electrons. The van der Waals surface area contributed by atoms with Crippen molar-refractivity contribution in [2.24, 2.45) is 5.73 Å². The highest BCUT2D eigenvalue weighted by Gasteiger charge is 2.31. The fourth-order valence-corrected chi connectivity index (χ4v) is 4.40. The van der Waals surface area contributed by atoms with E-state index in [1.165, 1.54) is 17.7 Å². The molecule has 38 heavy (non-hydrogen) atoms. The van der Waals surface area contributed by atoms with E-state index in [9.17, 15) is 13.2 Å². The van der Waals surface area contributed by atoms with Gasteiger partial charge in [0.2, 0.25) is 0 Å². The summed E-state index contributed by atoms with van der Waals surface area (Å²) in [5.41, 5.74) is 11.5. The van der Waals surface area contributed by atoms with Crippen molar-refractivity contribution in [2.45, 2.75) is 25.6 Å². The van der Waals surface area contributed by atoms with Crippen LogP contribution in [0, 0.1) is 0 Å². The quantitative estimate of drug-likeness (QED) is 0.206. The number of benzene rings is 4. The molecule has 0 aromatic heterocycles. The maximum Gasteiger partial charge on any atom is 0.573 e. The van der Waals surface area contributed by atoms with Crippen LogP contribution in [-0.2, 0) is 17.6 Å². The molecule has 4 rings (SSSR count). The maximum absolute atomic E-state index is 12.8. The Morgan fingerprint density at radius 2 is 1.45 bits per heavy atom. The highest BCUT2D eigenvalue weighted by molar-refractivity contribution is 5.75. The van der Waals surface area contributed by atoms with Crippen molar-refractivity contribution >= 4 is 5.57 Å². The van der Waals surface area contributed by atoms with E-state index in [0.29, 0.717) is 31.6 Å². The molecule has 4 aromatic carbocycles. The second kappa shape index (κ2) is 13.0. The predicted octanol–water partition coefficient (Wildman–Crippen LogP) is 7.81. The van der Waals surface area contributed by atoms with Crippen LogP contribution in [0.15, 0.2) is 115 Å². The molecule has 0 radical (unpaired) electrons. The van der Waals surface area contributed by atoms with Crippen LogP contribution in [0.1, 0.15) is 23.1 Å². The first kappa shape index (κ1) is 27.0. The molecule has 3 nitrogen and oxygen atoms in total. The van der Waals surface area contributed by atoms with Crippen LogP contribution in [0.25, 0.3) is 16.7 Å². The van der Waals surface area contributed by atoms with Gasteiger partial charge < -0.3 is 15.2 Å². The molecule has 0 fully saturated rings. The summed E-state index contributed by atoms with van der Waals surface area (Å²) in [6.07, 6.45) is -2.74. The third-order valence-corrected chi connectivity index (χ3v) is 6.10. The predicted molar refractivity (Wildman–Crippen MR) is 145 cm³/mol. The first-order chi connectivity index (χ1) is 18.4. The number of hydrogen-bond donors (Lipinski definition) is 1. The van der Waals surface area contributed by atoms with E-state index in [1.54, 1.807) is 12.1 Å². The second-order valence-corrected chi connectivity index (χ2v) is 8.80. The summed E-state index contributed by atoms with van der Waals surface area (Å²) in [7, 11) is 0. The Balaban J connectivity index is 1.74. The number of alkyl halides is 3. The summed E-state index contributed by atoms with van der Waals surface area (Å²) in [5, 5.41) is 0. The Labute approximate surface area is 221 Å². The lowest BCUT2D eigenvalue weighted by molar-refractivity contribution is -0.274. The molecule has 0 spiro atoms. The van der Waals surface area contributed by atoms with Crippen molar-refractivity contribution in [1.82, 2.24) is 0 Å². The standard InChI is InChI=1S/C32H30F3NO2/c33-32(34,35)38-28-16-9-15-26(22-28)29-17-8-7-14-27(29)23-30(25-12-5-2-6-13-25)31(37-21-20-36)19-18-24-10-3-1-4-11-24/h1-17,22H,18-21,23,36H2/b31-30-. The minimum Gasteiger partial charge on any atom is -0.496 e. The van der Waals surface area contributed by atoms with Crippen molar-refractivity contribution in [3.05, 3.63) is 132 Å². The number of ether oxygens (including phenoxy) is 2. The minimum atomic E-state index is -4.75. The zero-order chi connectivity index (χ0) is 26.8. The van der Waals surface area contributed by atoms with E-state index in [-0.39, 0.29) is 5.75 Å². The summed E-state index contributed by atoms with van der Waals surface area (Å²) >= 11 is 0. The summed E-state index contributed by atoms with van der Waals surface area (Å²) < 4.78 is 48.9. The van der Waals surface area contributed by atoms with Crippen molar-refractivity contribution in [2.75, 3.05) is 13.2 Å². The number of nitrogens with two attached hydrogens (primary N) is 1. The molecular formula is C32H30F3NO2. The van der Waals surface area contributed by atoms with Gasteiger partial charge in [-0.15, -0.1) is 13.2 Å². The maximum atomic E-state index is 12.8. The van der Waals surface area contributed by atoms with E-state index >= 15 is 0 Å². The zero-order valence-electron chi connectivity index (χ0n) is 21.0. The second-order valence-electron chi connectivity index (χ2n) is 8.80. The Kier molecular flexibility index (Phi) is 9.22. The van der Waals surface area contributed by atoms with Gasteiger partial charge in [0.15, 0.2) is 0 Å². The van der Waals surface area contributed by atoms with Gasteiger partial charge in [0.25, 0.3) is 0 Å². The minimum absolute atomic E-state index is 0.251. The SMILES string of the molecule is NCCO/C(CCc1ccccc1)=C(/Cc1ccccc1-c1cccc(OC(F)(F)F)c1)c1ccccc1. The average molecular weight is 518 g/mol. The number of aryl methyl sites for hydroxylation is 1. The van der Waals surface area contributed by atoms with Crippen molar-refractivity contribution < 1.29 is 22.6 Å². The Morgan fingerprint density at radius 3 is 2.16 bits per heavy atom. The number of halogens is 3. The van der Waals surface area contributed by atoms with Gasteiger partial charge in [-0.05, 0) is 46.4 Å². The average Bonchev–Trinajstić information content (AvgIpc) is 2.93. The molecule has 6 heteroatoms. The van der Waals surface area contributed by atoms with Crippen LogP contribution in [0.2, 0.25) is 0 Å². The third kappa shape index (κ3) is 7.73. The van der Waals surface area contributed by atoms with Crippen LogP contribution in [-0.4, -0.2) is 19.5 Å². The van der Waals surface area contributed by atoms with Crippen LogP contribution >= 0.6 is 0 Å². The van der Waals surface area contributed by atoms with Gasteiger partial charge in [-0.1, -0.05) is 97.1 Å². The monoisotopic (exact) mass is 517 g/mol. The van der Waals surface area contributed by atoms with Gasteiger partial charge in [-0.25, -0.2) is 0 Å². The lowest BCUT2D eigenvalue weighted by atomic mass is 9.90. The van der Waals surface area contributed by atoms with E-state index in [2.05, 4.69) is 16.9 Å². The van der Waals surface area contributed by atoms with Crippen LogP contribution in [0.4, 0.5) is 13.2 Å². The molecule has 0 aliphatic rings. The van der Waals surface area contributed by atoms with E-state index in [0.717, 1.165) is 34.4 Å². The molecule has 2 N–H and O–H groups in total. The van der Waals surface area contributed by atoms with E-state index in [1.807, 2.05) is 72.8 Å². The number of allylic oxidation sites excluding steroid dienone is 2. The van der Waals surface area contributed by atoms with Crippen molar-refractivity contribution in [3.63, 3.8) is 0 Å². The van der Waals surface area contributed by atoms with E-state index in [4.69, 9.17) is 10.5 Å². The lowest BCUT2D eigenvalue weighted by Crippen LogP contribution is -2.17. The Morgan fingerprint density at radius 1 is 0.763 bits per heavy atom. The van der Waals surface area contributed by atoms with Crippen LogP contribution in [0.3, 0.4) is 0 Å². The molecule has 0 heterocycles. The first-order valence-electron chi connectivity index (χ1n) is 12.5. The van der Waals surface area contributed by atoms with Crippen LogP contribution < -0.4 is 10.5 Å². The molecule has 4 aromatic rings. The normalized spacial score (nSPS) is 12.1. The van der Waals surface area contributed by atoms with Crippen LogP contribution in [0.5, 0.6) is 5.75 Å². The van der Waals surface area contributed by atoms with Gasteiger partial charge in [-0.3, -0.25) is 0 Å².